The van der Waals surface area contributed by atoms with Crippen molar-refractivity contribution in [2.75, 3.05) is 37.9 Å². The number of thiophene rings is 1. The lowest BCUT2D eigenvalue weighted by atomic mass is 10.0. The fraction of sp³-hybridized carbons (Fsp3) is 0.364. The molecule has 1 fully saturated rings. The van der Waals surface area contributed by atoms with E-state index >= 15 is 0 Å². The molecule has 0 bridgehead atoms. The molecule has 2 aliphatic heterocycles. The van der Waals surface area contributed by atoms with Crippen molar-refractivity contribution in [1.29, 1.82) is 0 Å². The van der Waals surface area contributed by atoms with Crippen LogP contribution in [0.2, 0.25) is 0 Å². The van der Waals surface area contributed by atoms with Gasteiger partial charge in [0.05, 0.1) is 36.9 Å². The Bertz CT molecular complexity index is 2340. The number of methoxy groups -OCH3 is 2. The van der Waals surface area contributed by atoms with Gasteiger partial charge in [0.1, 0.15) is 17.7 Å². The van der Waals surface area contributed by atoms with Gasteiger partial charge in [-0.1, -0.05) is 43.5 Å². The van der Waals surface area contributed by atoms with Crippen LogP contribution in [0.5, 0.6) is 11.5 Å². The highest BCUT2D eigenvalue weighted by atomic mass is 32.1. The number of rotatable bonds is 18. The van der Waals surface area contributed by atoms with Crippen molar-refractivity contribution in [3.8, 4) is 22.6 Å². The number of nitrogens with one attached hydrogen (secondary N) is 4. The minimum absolute atomic E-state index is 0.0157. The van der Waals surface area contributed by atoms with Crippen molar-refractivity contribution in [1.82, 2.24) is 25.5 Å². The first-order valence-corrected chi connectivity index (χ1v) is 20.7. The molecule has 4 amide bonds. The molecule has 13 nitrogen and oxygen atoms in total. The van der Waals surface area contributed by atoms with Gasteiger partial charge in [-0.2, -0.15) is 0 Å². The van der Waals surface area contributed by atoms with Gasteiger partial charge in [-0.05, 0) is 92.1 Å². The Morgan fingerprint density at radius 3 is 2.40 bits per heavy atom. The normalized spacial score (nSPS) is 15.7. The summed E-state index contributed by atoms with van der Waals surface area (Å²) in [4.78, 5) is 61.5. The van der Waals surface area contributed by atoms with Crippen LogP contribution in [0.1, 0.15) is 94.9 Å². The summed E-state index contributed by atoms with van der Waals surface area (Å²) in [5.41, 5.74) is 5.80. The lowest BCUT2D eigenvalue weighted by molar-refractivity contribution is -0.136. The number of nitrogens with zero attached hydrogens (tertiary/aromatic N) is 3. The van der Waals surface area contributed by atoms with Crippen molar-refractivity contribution in [2.24, 2.45) is 0 Å². The molecule has 302 valence electrons. The third kappa shape index (κ3) is 8.82. The number of unbranched alkanes of at least 4 members (excludes halogenated alkanes) is 4. The van der Waals surface area contributed by atoms with E-state index in [1.54, 1.807) is 43.8 Å². The lowest BCUT2D eigenvalue weighted by Crippen LogP contribution is -2.54. The molecular weight excluding hydrogens is 755 g/mol. The van der Waals surface area contributed by atoms with E-state index in [1.807, 2.05) is 19.1 Å². The lowest BCUT2D eigenvalue weighted by Gasteiger charge is -2.27. The van der Waals surface area contributed by atoms with Crippen LogP contribution in [0.25, 0.3) is 22.0 Å². The number of aryl methyl sites for hydroxylation is 1. The number of fused-ring (bicyclic) bond motifs is 2. The van der Waals surface area contributed by atoms with E-state index in [1.165, 1.54) is 21.6 Å². The average molecular weight is 804 g/mol. The smallest absolute Gasteiger partial charge is 0.262 e. The Kier molecular flexibility index (Phi) is 12.6. The van der Waals surface area contributed by atoms with E-state index in [9.17, 15) is 19.2 Å². The average Bonchev–Trinajstić information content (AvgIpc) is 3.81. The molecule has 7 rings (SSSR count). The van der Waals surface area contributed by atoms with Crippen molar-refractivity contribution in [3.05, 3.63) is 93.4 Å². The quantitative estimate of drug-likeness (QED) is 0.0515. The van der Waals surface area contributed by atoms with Crippen LogP contribution >= 0.6 is 11.3 Å². The first-order chi connectivity index (χ1) is 28.1. The van der Waals surface area contributed by atoms with Crippen LogP contribution in [0.15, 0.2) is 66.0 Å². The minimum Gasteiger partial charge on any atom is -0.493 e. The summed E-state index contributed by atoms with van der Waals surface area (Å²) in [6.45, 7) is 6.50. The number of imide groups is 2. The van der Waals surface area contributed by atoms with Crippen LogP contribution in [0.4, 0.5) is 11.5 Å². The second-order valence-electron chi connectivity index (χ2n) is 14.7. The van der Waals surface area contributed by atoms with E-state index in [4.69, 9.17) is 14.5 Å². The second-order valence-corrected chi connectivity index (χ2v) is 15.6. The summed E-state index contributed by atoms with van der Waals surface area (Å²) in [6.07, 6.45) is 5.61. The maximum Gasteiger partial charge on any atom is 0.262 e. The van der Waals surface area contributed by atoms with E-state index < -0.39 is 29.7 Å². The highest BCUT2D eigenvalue weighted by Gasteiger charge is 2.44. The zero-order valence-corrected chi connectivity index (χ0v) is 34.1. The first-order valence-electron chi connectivity index (χ1n) is 19.8. The van der Waals surface area contributed by atoms with Gasteiger partial charge in [-0.3, -0.25) is 29.4 Å². The number of hydrogen-bond donors (Lipinski definition) is 4. The van der Waals surface area contributed by atoms with Crippen molar-refractivity contribution in [3.63, 3.8) is 0 Å². The summed E-state index contributed by atoms with van der Waals surface area (Å²) < 4.78 is 11.0. The molecule has 2 aliphatic rings. The minimum atomic E-state index is -0.966. The van der Waals surface area contributed by atoms with Gasteiger partial charge in [0.15, 0.2) is 11.5 Å². The van der Waals surface area contributed by atoms with Gasteiger partial charge < -0.3 is 25.4 Å². The molecule has 4 N–H and O–H groups in total. The maximum absolute atomic E-state index is 13.1. The monoisotopic (exact) mass is 803 g/mol. The largest absolute Gasteiger partial charge is 0.493 e. The molecule has 0 radical (unpaired) electrons. The van der Waals surface area contributed by atoms with Crippen molar-refractivity contribution < 1.29 is 28.7 Å². The predicted octanol–water partition coefficient (Wildman–Crippen LogP) is 7.41. The SMILES string of the molecule is COc1cc2nc(C)nc(N[C@H](C)c3cc(-c4ccccc4CNCCCCCCCNc4ccc5c(c4)C(=O)N(C4CCC(=O)NC4=O)C5=O)cs3)c2cc1OC. The Balaban J connectivity index is 0.834. The highest BCUT2D eigenvalue weighted by molar-refractivity contribution is 7.10. The number of carbonyl (C=O) groups is 4. The van der Waals surface area contributed by atoms with Crippen molar-refractivity contribution in [2.45, 2.75) is 77.4 Å². The predicted molar refractivity (Wildman–Crippen MR) is 226 cm³/mol. The zero-order valence-electron chi connectivity index (χ0n) is 33.3. The number of piperidine rings is 1. The third-order valence-electron chi connectivity index (χ3n) is 10.7. The molecule has 2 aromatic heterocycles. The highest BCUT2D eigenvalue weighted by Crippen LogP contribution is 2.37. The zero-order chi connectivity index (χ0) is 40.8. The number of aromatic nitrogens is 2. The van der Waals surface area contributed by atoms with Gasteiger partial charge in [-0.25, -0.2) is 9.97 Å². The maximum atomic E-state index is 13.1. The molecular formula is C44H49N7O6S. The van der Waals surface area contributed by atoms with Gasteiger partial charge in [0, 0.05) is 41.5 Å². The number of anilines is 2. The summed E-state index contributed by atoms with van der Waals surface area (Å²) in [5, 5.41) is 16.0. The van der Waals surface area contributed by atoms with Gasteiger partial charge in [0.25, 0.3) is 11.8 Å². The van der Waals surface area contributed by atoms with Gasteiger partial charge in [-0.15, -0.1) is 11.3 Å². The molecule has 14 heteroatoms. The van der Waals surface area contributed by atoms with Crippen LogP contribution in [-0.4, -0.2) is 71.8 Å². The molecule has 4 heterocycles. The molecule has 0 saturated carbocycles. The Morgan fingerprint density at radius 1 is 0.862 bits per heavy atom. The second kappa shape index (κ2) is 18.2. The number of hydrogen-bond acceptors (Lipinski definition) is 12. The standard InChI is InChI=1S/C44H49N7O6S/c1-26(47-41-34-22-37(56-3)38(57-4)23-35(34)48-27(2)49-41)39-20-29(25-58-39)31-13-9-8-12-28(31)24-45-18-10-6-5-7-11-19-46-30-14-15-32-33(21-30)44(55)51(43(32)54)36-16-17-40(52)50-42(36)53/h8-9,12-15,20-23,25-26,36,45-46H,5-7,10-11,16-19,24H2,1-4H3,(H,47,48,49)(H,50,52,53)/t26-,36?/m1/s1. The van der Waals surface area contributed by atoms with Crippen LogP contribution < -0.4 is 30.7 Å². The van der Waals surface area contributed by atoms with E-state index in [-0.39, 0.29) is 30.0 Å². The Labute approximate surface area is 341 Å². The number of ether oxygens (including phenoxy) is 2. The molecule has 1 saturated heterocycles. The molecule has 5 aromatic rings. The van der Waals surface area contributed by atoms with Crippen LogP contribution in [0, 0.1) is 6.92 Å². The van der Waals surface area contributed by atoms with Crippen LogP contribution in [-0.2, 0) is 16.1 Å². The van der Waals surface area contributed by atoms with Crippen molar-refractivity contribution >= 4 is 57.4 Å². The Morgan fingerprint density at radius 2 is 1.60 bits per heavy atom. The Hall–Kier alpha value is -5.86. The first kappa shape index (κ1) is 40.3. The van der Waals surface area contributed by atoms with Gasteiger partial charge >= 0.3 is 0 Å². The number of carbonyl (C=O) groups excluding carboxylic acids is 4. The van der Waals surface area contributed by atoms with Gasteiger partial charge in [0.2, 0.25) is 11.8 Å². The molecule has 0 aliphatic carbocycles. The molecule has 58 heavy (non-hydrogen) atoms. The van der Waals surface area contributed by atoms with E-state index in [2.05, 4.69) is 68.9 Å². The summed E-state index contributed by atoms with van der Waals surface area (Å²) in [7, 11) is 3.24. The van der Waals surface area contributed by atoms with Crippen LogP contribution in [0.3, 0.4) is 0 Å². The fourth-order valence-electron chi connectivity index (χ4n) is 7.58. The molecule has 3 aromatic carbocycles. The summed E-state index contributed by atoms with van der Waals surface area (Å²) in [5.74, 6) is 0.692. The molecule has 0 spiro atoms. The molecule has 2 atom stereocenters. The fourth-order valence-corrected chi connectivity index (χ4v) is 8.49. The van der Waals surface area contributed by atoms with E-state index in [0.29, 0.717) is 17.3 Å². The summed E-state index contributed by atoms with van der Waals surface area (Å²) >= 11 is 1.73. The summed E-state index contributed by atoms with van der Waals surface area (Å²) in [6, 6.07) is 18.8. The van der Waals surface area contributed by atoms with E-state index in [0.717, 1.165) is 79.0 Å². The topological polar surface area (TPSA) is 164 Å². The molecule has 1 unspecified atom stereocenters. The number of benzene rings is 3. The number of amides is 4. The third-order valence-corrected chi connectivity index (χ3v) is 11.8.